The van der Waals surface area contributed by atoms with Crippen LogP contribution in [0, 0.1) is 5.92 Å². The molecule has 0 aliphatic heterocycles. The second-order valence-electron chi connectivity index (χ2n) is 4.88. The average Bonchev–Trinajstić information content (AvgIpc) is 2.42. The number of nitrogens with one attached hydrogen (secondary N) is 1. The van der Waals surface area contributed by atoms with Gasteiger partial charge in [0.1, 0.15) is 11.5 Å². The Morgan fingerprint density at radius 2 is 2.00 bits per heavy atom. The number of amides is 1. The Balaban J connectivity index is 2.58. The Kier molecular flexibility index (Phi) is 6.19. The van der Waals surface area contributed by atoms with Crippen molar-refractivity contribution in [3.8, 4) is 11.5 Å². The molecule has 0 aromatic heterocycles. The second-order valence-corrected chi connectivity index (χ2v) is 4.88. The van der Waals surface area contributed by atoms with Crippen molar-refractivity contribution >= 4 is 5.91 Å². The van der Waals surface area contributed by atoms with E-state index in [4.69, 9.17) is 9.47 Å². The first kappa shape index (κ1) is 15.3. The molecule has 0 radical (unpaired) electrons. The monoisotopic (exact) mass is 265 g/mol. The SMILES string of the molecule is COc1ccc(OC)c(CCC(=O)NCC(C)C)c1. The first-order chi connectivity index (χ1) is 9.06. The molecule has 0 heterocycles. The second kappa shape index (κ2) is 7.67. The molecule has 0 aliphatic carbocycles. The van der Waals surface area contributed by atoms with Crippen LogP contribution in [0.1, 0.15) is 25.8 Å². The number of carbonyl (C=O) groups excluding carboxylic acids is 1. The van der Waals surface area contributed by atoms with Crippen LogP contribution >= 0.6 is 0 Å². The standard InChI is InChI=1S/C15H23NO3/c1-11(2)10-16-15(17)8-5-12-9-13(18-3)6-7-14(12)19-4/h6-7,9,11H,5,8,10H2,1-4H3,(H,16,17). The molecular weight excluding hydrogens is 242 g/mol. The molecule has 0 unspecified atom stereocenters. The zero-order valence-electron chi connectivity index (χ0n) is 12.2. The fraction of sp³-hybridized carbons (Fsp3) is 0.533. The smallest absolute Gasteiger partial charge is 0.220 e. The first-order valence-corrected chi connectivity index (χ1v) is 6.54. The highest BCUT2D eigenvalue weighted by Gasteiger charge is 2.08. The van der Waals surface area contributed by atoms with E-state index in [2.05, 4.69) is 19.2 Å². The van der Waals surface area contributed by atoms with E-state index in [1.807, 2.05) is 18.2 Å². The normalized spacial score (nSPS) is 10.4. The number of aryl methyl sites for hydroxylation is 1. The quantitative estimate of drug-likeness (QED) is 0.823. The molecular formula is C15H23NO3. The van der Waals surface area contributed by atoms with Gasteiger partial charge in [0.25, 0.3) is 0 Å². The molecule has 0 saturated heterocycles. The van der Waals surface area contributed by atoms with E-state index in [9.17, 15) is 4.79 Å². The van der Waals surface area contributed by atoms with Crippen molar-refractivity contribution in [2.45, 2.75) is 26.7 Å². The molecule has 1 N–H and O–H groups in total. The number of ether oxygens (including phenoxy) is 2. The van der Waals surface area contributed by atoms with Crippen LogP contribution < -0.4 is 14.8 Å². The Morgan fingerprint density at radius 1 is 1.26 bits per heavy atom. The van der Waals surface area contributed by atoms with Crippen molar-refractivity contribution in [2.75, 3.05) is 20.8 Å². The van der Waals surface area contributed by atoms with Crippen LogP contribution in [0.5, 0.6) is 11.5 Å². The van der Waals surface area contributed by atoms with Gasteiger partial charge in [-0.3, -0.25) is 4.79 Å². The molecule has 1 rings (SSSR count). The zero-order chi connectivity index (χ0) is 14.3. The molecule has 1 aromatic carbocycles. The summed E-state index contributed by atoms with van der Waals surface area (Å²) in [6.07, 6.45) is 1.10. The summed E-state index contributed by atoms with van der Waals surface area (Å²) >= 11 is 0. The summed E-state index contributed by atoms with van der Waals surface area (Å²) in [5.74, 6) is 2.10. The number of hydrogen-bond donors (Lipinski definition) is 1. The van der Waals surface area contributed by atoms with Crippen LogP contribution in [0.2, 0.25) is 0 Å². The topological polar surface area (TPSA) is 47.6 Å². The fourth-order valence-electron chi connectivity index (χ4n) is 1.73. The van der Waals surface area contributed by atoms with Gasteiger partial charge in [0, 0.05) is 13.0 Å². The van der Waals surface area contributed by atoms with Gasteiger partial charge in [-0.2, -0.15) is 0 Å². The van der Waals surface area contributed by atoms with Crippen molar-refractivity contribution in [1.82, 2.24) is 5.32 Å². The van der Waals surface area contributed by atoms with Gasteiger partial charge in [-0.1, -0.05) is 13.8 Å². The van der Waals surface area contributed by atoms with Crippen molar-refractivity contribution < 1.29 is 14.3 Å². The maximum Gasteiger partial charge on any atom is 0.220 e. The predicted octanol–water partition coefficient (Wildman–Crippen LogP) is 2.41. The minimum Gasteiger partial charge on any atom is -0.497 e. The molecule has 4 heteroatoms. The van der Waals surface area contributed by atoms with Gasteiger partial charge in [-0.05, 0) is 36.1 Å². The lowest BCUT2D eigenvalue weighted by molar-refractivity contribution is -0.121. The van der Waals surface area contributed by atoms with Crippen LogP contribution in [0.15, 0.2) is 18.2 Å². The van der Waals surface area contributed by atoms with Gasteiger partial charge in [0.15, 0.2) is 0 Å². The molecule has 106 valence electrons. The molecule has 0 bridgehead atoms. The third-order valence-corrected chi connectivity index (χ3v) is 2.82. The average molecular weight is 265 g/mol. The molecule has 1 amide bonds. The van der Waals surface area contributed by atoms with Gasteiger partial charge in [-0.15, -0.1) is 0 Å². The minimum atomic E-state index is 0.0681. The van der Waals surface area contributed by atoms with Gasteiger partial charge < -0.3 is 14.8 Å². The van der Waals surface area contributed by atoms with Crippen LogP contribution in [0.4, 0.5) is 0 Å². The third-order valence-electron chi connectivity index (χ3n) is 2.82. The molecule has 19 heavy (non-hydrogen) atoms. The summed E-state index contributed by atoms with van der Waals surface area (Å²) in [4.78, 5) is 11.7. The van der Waals surface area contributed by atoms with Gasteiger partial charge in [-0.25, -0.2) is 0 Å². The van der Waals surface area contributed by atoms with Crippen molar-refractivity contribution in [3.05, 3.63) is 23.8 Å². The largest absolute Gasteiger partial charge is 0.497 e. The van der Waals surface area contributed by atoms with Gasteiger partial charge in [0.2, 0.25) is 5.91 Å². The maximum atomic E-state index is 11.7. The lowest BCUT2D eigenvalue weighted by Crippen LogP contribution is -2.27. The summed E-state index contributed by atoms with van der Waals surface area (Å²) in [6, 6.07) is 5.62. The number of rotatable bonds is 7. The zero-order valence-corrected chi connectivity index (χ0v) is 12.2. The van der Waals surface area contributed by atoms with Gasteiger partial charge >= 0.3 is 0 Å². The highest BCUT2D eigenvalue weighted by atomic mass is 16.5. The van der Waals surface area contributed by atoms with Crippen LogP contribution in [-0.4, -0.2) is 26.7 Å². The van der Waals surface area contributed by atoms with Crippen molar-refractivity contribution in [2.24, 2.45) is 5.92 Å². The van der Waals surface area contributed by atoms with E-state index in [0.29, 0.717) is 25.3 Å². The van der Waals surface area contributed by atoms with Crippen LogP contribution in [0.25, 0.3) is 0 Å². The Hall–Kier alpha value is -1.71. The maximum absolute atomic E-state index is 11.7. The van der Waals surface area contributed by atoms with Crippen molar-refractivity contribution in [3.63, 3.8) is 0 Å². The number of hydrogen-bond acceptors (Lipinski definition) is 3. The van der Waals surface area contributed by atoms with E-state index >= 15 is 0 Å². The van der Waals surface area contributed by atoms with Crippen LogP contribution in [0.3, 0.4) is 0 Å². The first-order valence-electron chi connectivity index (χ1n) is 6.54. The predicted molar refractivity (Wildman–Crippen MR) is 75.7 cm³/mol. The fourth-order valence-corrected chi connectivity index (χ4v) is 1.73. The van der Waals surface area contributed by atoms with E-state index in [1.165, 1.54) is 0 Å². The summed E-state index contributed by atoms with van der Waals surface area (Å²) in [5, 5.41) is 2.91. The Bertz CT molecular complexity index is 416. The summed E-state index contributed by atoms with van der Waals surface area (Å²) in [7, 11) is 3.26. The van der Waals surface area contributed by atoms with Crippen LogP contribution in [-0.2, 0) is 11.2 Å². The van der Waals surface area contributed by atoms with E-state index in [0.717, 1.165) is 17.1 Å². The Labute approximate surface area is 115 Å². The van der Waals surface area contributed by atoms with E-state index in [1.54, 1.807) is 14.2 Å². The highest BCUT2D eigenvalue weighted by molar-refractivity contribution is 5.76. The number of carbonyl (C=O) groups is 1. The summed E-state index contributed by atoms with van der Waals surface area (Å²) in [5.41, 5.74) is 0.988. The molecule has 0 aliphatic rings. The molecule has 0 atom stereocenters. The number of benzene rings is 1. The summed E-state index contributed by atoms with van der Waals surface area (Å²) < 4.78 is 10.5. The minimum absolute atomic E-state index is 0.0681. The lowest BCUT2D eigenvalue weighted by atomic mass is 10.1. The summed E-state index contributed by atoms with van der Waals surface area (Å²) in [6.45, 7) is 4.87. The molecule has 0 fully saturated rings. The van der Waals surface area contributed by atoms with Crippen molar-refractivity contribution in [1.29, 1.82) is 0 Å². The molecule has 1 aromatic rings. The Morgan fingerprint density at radius 3 is 2.58 bits per heavy atom. The molecule has 0 saturated carbocycles. The lowest BCUT2D eigenvalue weighted by Gasteiger charge is -2.11. The molecule has 4 nitrogen and oxygen atoms in total. The molecule has 0 spiro atoms. The van der Waals surface area contributed by atoms with E-state index < -0.39 is 0 Å². The van der Waals surface area contributed by atoms with E-state index in [-0.39, 0.29) is 5.91 Å². The number of methoxy groups -OCH3 is 2. The van der Waals surface area contributed by atoms with Gasteiger partial charge in [0.05, 0.1) is 14.2 Å². The highest BCUT2D eigenvalue weighted by Crippen LogP contribution is 2.24. The third kappa shape index (κ3) is 5.20.